The molecule has 0 unspecified atom stereocenters. The van der Waals surface area contributed by atoms with Crippen LogP contribution < -0.4 is 5.32 Å². The average molecular weight is 260 g/mol. The van der Waals surface area contributed by atoms with Crippen molar-refractivity contribution in [2.24, 2.45) is 0 Å². The molecule has 96 valence electrons. The van der Waals surface area contributed by atoms with Crippen LogP contribution >= 0.6 is 11.3 Å². The maximum atomic E-state index is 4.75. The van der Waals surface area contributed by atoms with Crippen LogP contribution in [0.3, 0.4) is 0 Å². The van der Waals surface area contributed by atoms with Crippen LogP contribution in [0, 0.1) is 0 Å². The highest BCUT2D eigenvalue weighted by atomic mass is 32.1. The third-order valence-corrected chi connectivity index (χ3v) is 3.92. The fourth-order valence-corrected chi connectivity index (χ4v) is 2.97. The quantitative estimate of drug-likeness (QED) is 0.857. The summed E-state index contributed by atoms with van der Waals surface area (Å²) in [5.74, 6) is 0.500. The summed E-state index contributed by atoms with van der Waals surface area (Å²) >= 11 is 1.77. The summed E-state index contributed by atoms with van der Waals surface area (Å²) in [6.07, 6.45) is 0. The molecule has 0 fully saturated rings. The van der Waals surface area contributed by atoms with E-state index in [9.17, 15) is 0 Å². The second kappa shape index (κ2) is 5.53. The molecule has 2 rings (SSSR count). The van der Waals surface area contributed by atoms with Crippen molar-refractivity contribution >= 4 is 16.5 Å². The lowest BCUT2D eigenvalue weighted by molar-refractivity contribution is 0.886. The standard InChI is InChI=1S/C15H20N2S/c1-10(2)14-13(12-8-6-5-7-9-12)17-15(18-14)16-11(3)4/h5-11H,1-4H3,(H,16,17). The minimum atomic E-state index is 0.416. The molecule has 0 amide bonds. The molecule has 0 aliphatic carbocycles. The summed E-state index contributed by atoms with van der Waals surface area (Å²) in [5.41, 5.74) is 2.33. The summed E-state index contributed by atoms with van der Waals surface area (Å²) in [4.78, 5) is 6.10. The molecule has 0 aliphatic heterocycles. The van der Waals surface area contributed by atoms with Crippen molar-refractivity contribution in [1.82, 2.24) is 4.98 Å². The van der Waals surface area contributed by atoms with Gasteiger partial charge in [-0.2, -0.15) is 0 Å². The van der Waals surface area contributed by atoms with E-state index in [-0.39, 0.29) is 0 Å². The Bertz CT molecular complexity index is 500. The lowest BCUT2D eigenvalue weighted by Crippen LogP contribution is -2.08. The van der Waals surface area contributed by atoms with E-state index in [2.05, 4.69) is 57.3 Å². The highest BCUT2D eigenvalue weighted by Gasteiger charge is 2.15. The van der Waals surface area contributed by atoms with Gasteiger partial charge >= 0.3 is 0 Å². The van der Waals surface area contributed by atoms with E-state index in [1.807, 2.05) is 6.07 Å². The van der Waals surface area contributed by atoms with E-state index in [0.29, 0.717) is 12.0 Å². The Morgan fingerprint density at radius 2 is 1.72 bits per heavy atom. The average Bonchev–Trinajstić information content (AvgIpc) is 2.73. The highest BCUT2D eigenvalue weighted by Crippen LogP contribution is 2.36. The zero-order valence-electron chi connectivity index (χ0n) is 11.4. The molecule has 2 nitrogen and oxygen atoms in total. The van der Waals surface area contributed by atoms with Crippen LogP contribution in [-0.4, -0.2) is 11.0 Å². The molecular formula is C15H20N2S. The lowest BCUT2D eigenvalue weighted by atomic mass is 10.1. The normalized spacial score (nSPS) is 11.2. The van der Waals surface area contributed by atoms with E-state index in [1.165, 1.54) is 10.4 Å². The summed E-state index contributed by atoms with van der Waals surface area (Å²) < 4.78 is 0. The van der Waals surface area contributed by atoms with Crippen molar-refractivity contribution in [3.05, 3.63) is 35.2 Å². The van der Waals surface area contributed by atoms with Gasteiger partial charge in [-0.3, -0.25) is 0 Å². The van der Waals surface area contributed by atoms with Gasteiger partial charge in [-0.05, 0) is 19.8 Å². The second-order valence-electron chi connectivity index (χ2n) is 5.05. The van der Waals surface area contributed by atoms with Crippen LogP contribution in [0.1, 0.15) is 38.5 Å². The largest absolute Gasteiger partial charge is 0.359 e. The molecule has 1 aromatic heterocycles. The van der Waals surface area contributed by atoms with Crippen molar-refractivity contribution in [2.75, 3.05) is 5.32 Å². The van der Waals surface area contributed by atoms with Crippen LogP contribution in [0.4, 0.5) is 5.13 Å². The Morgan fingerprint density at radius 1 is 1.06 bits per heavy atom. The first kappa shape index (κ1) is 13.1. The number of nitrogens with one attached hydrogen (secondary N) is 1. The van der Waals surface area contributed by atoms with E-state index >= 15 is 0 Å². The van der Waals surface area contributed by atoms with Gasteiger partial charge in [0, 0.05) is 16.5 Å². The third-order valence-electron chi connectivity index (χ3n) is 2.64. The van der Waals surface area contributed by atoms with E-state index in [4.69, 9.17) is 4.98 Å². The topological polar surface area (TPSA) is 24.9 Å². The molecule has 0 atom stereocenters. The predicted octanol–water partition coefficient (Wildman–Crippen LogP) is 4.75. The number of nitrogens with zero attached hydrogens (tertiary/aromatic N) is 1. The van der Waals surface area contributed by atoms with Crippen LogP contribution in [0.5, 0.6) is 0 Å². The monoisotopic (exact) mass is 260 g/mol. The Hall–Kier alpha value is -1.35. The lowest BCUT2D eigenvalue weighted by Gasteiger charge is -2.04. The molecule has 0 saturated heterocycles. The highest BCUT2D eigenvalue weighted by molar-refractivity contribution is 7.16. The number of benzene rings is 1. The molecule has 0 aliphatic rings. The van der Waals surface area contributed by atoms with E-state index in [0.717, 1.165) is 10.8 Å². The molecule has 3 heteroatoms. The summed E-state index contributed by atoms with van der Waals surface area (Å²) in [6, 6.07) is 10.8. The van der Waals surface area contributed by atoms with Crippen molar-refractivity contribution in [1.29, 1.82) is 0 Å². The van der Waals surface area contributed by atoms with Gasteiger partial charge < -0.3 is 5.32 Å². The van der Waals surface area contributed by atoms with Gasteiger partial charge in [0.1, 0.15) is 0 Å². The van der Waals surface area contributed by atoms with Gasteiger partial charge in [0.2, 0.25) is 0 Å². The van der Waals surface area contributed by atoms with Crippen molar-refractivity contribution in [2.45, 2.75) is 39.7 Å². The molecule has 0 bridgehead atoms. The predicted molar refractivity (Wildman–Crippen MR) is 80.4 cm³/mol. The van der Waals surface area contributed by atoms with Crippen molar-refractivity contribution in [3.63, 3.8) is 0 Å². The van der Waals surface area contributed by atoms with Gasteiger partial charge in [-0.1, -0.05) is 44.2 Å². The SMILES string of the molecule is CC(C)Nc1nc(-c2ccccc2)c(C(C)C)s1. The number of hydrogen-bond donors (Lipinski definition) is 1. The number of rotatable bonds is 4. The number of thiazole rings is 1. The zero-order valence-corrected chi connectivity index (χ0v) is 12.2. The first-order chi connectivity index (χ1) is 8.58. The first-order valence-corrected chi connectivity index (χ1v) is 7.22. The summed E-state index contributed by atoms with van der Waals surface area (Å²) in [6.45, 7) is 8.72. The molecule has 0 saturated carbocycles. The second-order valence-corrected chi connectivity index (χ2v) is 6.08. The van der Waals surface area contributed by atoms with Crippen LogP contribution in [0.25, 0.3) is 11.3 Å². The Kier molecular flexibility index (Phi) is 4.02. The fraction of sp³-hybridized carbons (Fsp3) is 0.400. The molecule has 18 heavy (non-hydrogen) atoms. The Labute approximate surface area is 113 Å². The van der Waals surface area contributed by atoms with Crippen molar-refractivity contribution < 1.29 is 0 Å². The molecule has 1 heterocycles. The smallest absolute Gasteiger partial charge is 0.183 e. The Balaban J connectivity index is 2.42. The minimum absolute atomic E-state index is 0.416. The van der Waals surface area contributed by atoms with Crippen LogP contribution in [-0.2, 0) is 0 Å². The minimum Gasteiger partial charge on any atom is -0.359 e. The maximum absolute atomic E-state index is 4.75. The number of aromatic nitrogens is 1. The molecule has 2 aromatic rings. The van der Waals surface area contributed by atoms with E-state index in [1.54, 1.807) is 11.3 Å². The molecular weight excluding hydrogens is 240 g/mol. The van der Waals surface area contributed by atoms with Gasteiger partial charge in [0.05, 0.1) is 5.69 Å². The zero-order chi connectivity index (χ0) is 13.1. The summed E-state index contributed by atoms with van der Waals surface area (Å²) in [7, 11) is 0. The molecule has 1 aromatic carbocycles. The summed E-state index contributed by atoms with van der Waals surface area (Å²) in [5, 5.41) is 4.42. The first-order valence-electron chi connectivity index (χ1n) is 6.40. The van der Waals surface area contributed by atoms with Crippen molar-refractivity contribution in [3.8, 4) is 11.3 Å². The van der Waals surface area contributed by atoms with Gasteiger partial charge in [0.15, 0.2) is 5.13 Å². The van der Waals surface area contributed by atoms with Gasteiger partial charge in [-0.15, -0.1) is 11.3 Å². The van der Waals surface area contributed by atoms with E-state index < -0.39 is 0 Å². The molecule has 0 spiro atoms. The molecule has 1 N–H and O–H groups in total. The fourth-order valence-electron chi connectivity index (χ4n) is 1.83. The number of anilines is 1. The maximum Gasteiger partial charge on any atom is 0.183 e. The Morgan fingerprint density at radius 3 is 2.28 bits per heavy atom. The third kappa shape index (κ3) is 2.91. The molecule has 0 radical (unpaired) electrons. The van der Waals surface area contributed by atoms with Gasteiger partial charge in [0.25, 0.3) is 0 Å². The van der Waals surface area contributed by atoms with Gasteiger partial charge in [-0.25, -0.2) is 4.98 Å². The van der Waals surface area contributed by atoms with Crippen LogP contribution in [0.15, 0.2) is 30.3 Å². The number of hydrogen-bond acceptors (Lipinski definition) is 3. The van der Waals surface area contributed by atoms with Crippen LogP contribution in [0.2, 0.25) is 0 Å².